The zero-order chi connectivity index (χ0) is 6.57. The Hall–Kier alpha value is 0.270. The van der Waals surface area contributed by atoms with Gasteiger partial charge in [-0.2, -0.15) is 0 Å². The molecular formula is C5H14N2S. The summed E-state index contributed by atoms with van der Waals surface area (Å²) in [5.41, 5.74) is 10.9. The van der Waals surface area contributed by atoms with Crippen LogP contribution in [0.5, 0.6) is 0 Å². The van der Waals surface area contributed by atoms with Crippen molar-refractivity contribution in [2.75, 3.05) is 5.75 Å². The number of hydrogen-bond donors (Lipinski definition) is 2. The van der Waals surface area contributed by atoms with Crippen molar-refractivity contribution < 1.29 is 0 Å². The van der Waals surface area contributed by atoms with Gasteiger partial charge in [0.05, 0.1) is 0 Å². The van der Waals surface area contributed by atoms with E-state index in [0.717, 1.165) is 5.75 Å². The maximum absolute atomic E-state index is 5.46. The molecule has 0 aromatic heterocycles. The first-order valence-electron chi connectivity index (χ1n) is 2.75. The summed E-state index contributed by atoms with van der Waals surface area (Å²) >= 11 is 1.69. The minimum absolute atomic E-state index is 0.223. The largest absolute Gasteiger partial charge is 0.327 e. The molecular weight excluding hydrogens is 120 g/mol. The Labute approximate surface area is 55.0 Å². The van der Waals surface area contributed by atoms with Gasteiger partial charge in [0, 0.05) is 17.2 Å². The van der Waals surface area contributed by atoms with Gasteiger partial charge >= 0.3 is 0 Å². The second-order valence-corrected chi connectivity index (χ2v) is 3.43. The topological polar surface area (TPSA) is 52.0 Å². The van der Waals surface area contributed by atoms with Crippen molar-refractivity contribution in [1.29, 1.82) is 0 Å². The molecule has 0 radical (unpaired) electrons. The fourth-order valence-electron chi connectivity index (χ4n) is 0.304. The van der Waals surface area contributed by atoms with Gasteiger partial charge in [0.25, 0.3) is 0 Å². The minimum Gasteiger partial charge on any atom is -0.327 e. The van der Waals surface area contributed by atoms with Crippen LogP contribution in [0.1, 0.15) is 13.8 Å². The Kier molecular flexibility index (Phi) is 4.32. The molecule has 0 rings (SSSR count). The Morgan fingerprint density at radius 2 is 1.88 bits per heavy atom. The third-order valence-electron chi connectivity index (χ3n) is 0.622. The van der Waals surface area contributed by atoms with Crippen molar-refractivity contribution in [3.63, 3.8) is 0 Å². The normalized spacial score (nSPS) is 18.0. The van der Waals surface area contributed by atoms with Crippen LogP contribution in [0, 0.1) is 0 Å². The van der Waals surface area contributed by atoms with E-state index in [1.165, 1.54) is 0 Å². The molecule has 0 bridgehead atoms. The fraction of sp³-hybridized carbons (Fsp3) is 1.00. The van der Waals surface area contributed by atoms with Crippen molar-refractivity contribution in [3.05, 3.63) is 0 Å². The number of thioether (sulfide) groups is 1. The molecule has 0 saturated carbocycles. The first kappa shape index (κ1) is 8.27. The fourth-order valence-corrected chi connectivity index (χ4v) is 0.911. The lowest BCUT2D eigenvalue weighted by Gasteiger charge is -2.06. The van der Waals surface area contributed by atoms with E-state index >= 15 is 0 Å². The highest BCUT2D eigenvalue weighted by Crippen LogP contribution is 2.04. The standard InChI is InChI=1S/C5H14N2S/c1-4(6)3-8-5(2)7/h4-5H,3,6-7H2,1-2H3/t4-,5+/m0/s1. The van der Waals surface area contributed by atoms with Crippen LogP contribution in [0.4, 0.5) is 0 Å². The van der Waals surface area contributed by atoms with Gasteiger partial charge in [-0.1, -0.05) is 0 Å². The number of rotatable bonds is 3. The molecule has 0 aliphatic heterocycles. The van der Waals surface area contributed by atoms with Crippen LogP contribution in [0.3, 0.4) is 0 Å². The molecule has 0 saturated heterocycles. The molecule has 2 nitrogen and oxygen atoms in total. The van der Waals surface area contributed by atoms with E-state index in [-0.39, 0.29) is 11.4 Å². The molecule has 0 aromatic rings. The molecule has 0 aliphatic rings. The molecule has 0 spiro atoms. The van der Waals surface area contributed by atoms with Gasteiger partial charge in [0.1, 0.15) is 0 Å². The molecule has 0 unspecified atom stereocenters. The second kappa shape index (κ2) is 4.18. The Morgan fingerprint density at radius 1 is 1.38 bits per heavy atom. The molecule has 2 atom stereocenters. The van der Waals surface area contributed by atoms with Gasteiger partial charge in [-0.25, -0.2) is 0 Å². The molecule has 3 heteroatoms. The SMILES string of the molecule is C[C@H](N)CS[C@H](C)N. The van der Waals surface area contributed by atoms with Crippen LogP contribution in [-0.4, -0.2) is 17.2 Å². The van der Waals surface area contributed by atoms with Crippen LogP contribution in [0.25, 0.3) is 0 Å². The quantitative estimate of drug-likeness (QED) is 0.548. The molecule has 0 fully saturated rings. The monoisotopic (exact) mass is 134 g/mol. The van der Waals surface area contributed by atoms with Gasteiger partial charge in [-0.15, -0.1) is 11.8 Å². The van der Waals surface area contributed by atoms with E-state index in [4.69, 9.17) is 11.5 Å². The molecule has 50 valence electrons. The lowest BCUT2D eigenvalue weighted by Crippen LogP contribution is -2.21. The summed E-state index contributed by atoms with van der Waals surface area (Å²) in [4.78, 5) is 0. The number of hydrogen-bond acceptors (Lipinski definition) is 3. The van der Waals surface area contributed by atoms with Crippen molar-refractivity contribution in [3.8, 4) is 0 Å². The zero-order valence-electron chi connectivity index (χ0n) is 5.42. The van der Waals surface area contributed by atoms with Crippen LogP contribution < -0.4 is 11.5 Å². The summed E-state index contributed by atoms with van der Waals surface area (Å²) in [5, 5.41) is 0.223. The van der Waals surface area contributed by atoms with E-state index in [9.17, 15) is 0 Å². The summed E-state index contributed by atoms with van der Waals surface area (Å²) in [5.74, 6) is 0.956. The highest BCUT2D eigenvalue weighted by atomic mass is 32.2. The average Bonchev–Trinajstić information content (AvgIpc) is 1.61. The third-order valence-corrected chi connectivity index (χ3v) is 1.87. The third kappa shape index (κ3) is 6.27. The minimum atomic E-state index is 0.223. The summed E-state index contributed by atoms with van der Waals surface area (Å²) in [6.07, 6.45) is 0. The van der Waals surface area contributed by atoms with Gasteiger partial charge in [-0.3, -0.25) is 0 Å². The highest BCUT2D eigenvalue weighted by molar-refractivity contribution is 7.99. The van der Waals surface area contributed by atoms with E-state index in [1.54, 1.807) is 11.8 Å². The molecule has 8 heavy (non-hydrogen) atoms. The maximum Gasteiger partial charge on any atom is 0.0479 e. The van der Waals surface area contributed by atoms with Crippen LogP contribution in [0.15, 0.2) is 0 Å². The lowest BCUT2D eigenvalue weighted by atomic mass is 10.4. The Morgan fingerprint density at radius 3 is 2.00 bits per heavy atom. The first-order valence-corrected chi connectivity index (χ1v) is 3.80. The van der Waals surface area contributed by atoms with E-state index < -0.39 is 0 Å². The van der Waals surface area contributed by atoms with Gasteiger partial charge in [-0.05, 0) is 13.8 Å². The van der Waals surface area contributed by atoms with Crippen LogP contribution in [-0.2, 0) is 0 Å². The predicted molar refractivity (Wildman–Crippen MR) is 39.8 cm³/mol. The lowest BCUT2D eigenvalue weighted by molar-refractivity contribution is 0.842. The molecule has 0 aromatic carbocycles. The summed E-state index contributed by atoms with van der Waals surface area (Å²) in [6, 6.07) is 0.269. The van der Waals surface area contributed by atoms with Gasteiger partial charge in [0.15, 0.2) is 0 Å². The smallest absolute Gasteiger partial charge is 0.0479 e. The maximum atomic E-state index is 5.46. The predicted octanol–water partition coefficient (Wildman–Crippen LogP) is 0.372. The van der Waals surface area contributed by atoms with Gasteiger partial charge < -0.3 is 11.5 Å². The summed E-state index contributed by atoms with van der Waals surface area (Å²) < 4.78 is 0. The Bertz CT molecular complexity index is 46.4. The molecule has 0 aliphatic carbocycles. The van der Waals surface area contributed by atoms with Crippen LogP contribution in [0.2, 0.25) is 0 Å². The summed E-state index contributed by atoms with van der Waals surface area (Å²) in [7, 11) is 0. The van der Waals surface area contributed by atoms with Crippen molar-refractivity contribution in [2.45, 2.75) is 25.3 Å². The Balaban J connectivity index is 2.93. The molecule has 0 amide bonds. The molecule has 0 heterocycles. The summed E-state index contributed by atoms with van der Waals surface area (Å²) in [6.45, 7) is 3.95. The van der Waals surface area contributed by atoms with Crippen molar-refractivity contribution >= 4 is 11.8 Å². The number of nitrogens with two attached hydrogens (primary N) is 2. The van der Waals surface area contributed by atoms with E-state index in [2.05, 4.69) is 0 Å². The van der Waals surface area contributed by atoms with E-state index in [0.29, 0.717) is 0 Å². The van der Waals surface area contributed by atoms with Crippen molar-refractivity contribution in [2.24, 2.45) is 11.5 Å². The second-order valence-electron chi connectivity index (χ2n) is 2.02. The van der Waals surface area contributed by atoms with Crippen molar-refractivity contribution in [1.82, 2.24) is 0 Å². The van der Waals surface area contributed by atoms with E-state index in [1.807, 2.05) is 13.8 Å². The van der Waals surface area contributed by atoms with Crippen LogP contribution >= 0.6 is 11.8 Å². The van der Waals surface area contributed by atoms with Gasteiger partial charge in [0.2, 0.25) is 0 Å². The average molecular weight is 134 g/mol. The molecule has 4 N–H and O–H groups in total. The highest BCUT2D eigenvalue weighted by Gasteiger charge is 1.96. The zero-order valence-corrected chi connectivity index (χ0v) is 6.24. The first-order chi connectivity index (χ1) is 3.63.